The van der Waals surface area contributed by atoms with Crippen molar-refractivity contribution in [2.24, 2.45) is 0 Å². The highest BCUT2D eigenvalue weighted by molar-refractivity contribution is 9.10. The molecule has 2 aromatic carbocycles. The summed E-state index contributed by atoms with van der Waals surface area (Å²) >= 11 is 10.9. The third-order valence-electron chi connectivity index (χ3n) is 2.03. The summed E-state index contributed by atoms with van der Waals surface area (Å²) in [6.07, 6.45) is 0. The van der Waals surface area contributed by atoms with E-state index in [1.54, 1.807) is 17.8 Å². The van der Waals surface area contributed by atoms with Crippen molar-refractivity contribution < 1.29 is 0 Å². The Balaban J connectivity index is 2.30. The van der Waals surface area contributed by atoms with Gasteiger partial charge in [-0.15, -0.1) is 0 Å². The smallest absolute Gasteiger partial charge is 0.0992 e. The number of hydrogen-bond acceptors (Lipinski definition) is 2. The van der Waals surface area contributed by atoms with E-state index in [4.69, 9.17) is 16.9 Å². The first-order valence-corrected chi connectivity index (χ1v) is 6.80. The first-order chi connectivity index (χ1) is 8.17. The number of nitriles is 1. The van der Waals surface area contributed by atoms with Gasteiger partial charge in [-0.3, -0.25) is 0 Å². The molecule has 1 nitrogen and oxygen atoms in total. The Labute approximate surface area is 118 Å². The van der Waals surface area contributed by atoms with E-state index in [2.05, 4.69) is 22.0 Å². The van der Waals surface area contributed by atoms with Gasteiger partial charge in [0.2, 0.25) is 0 Å². The molecule has 0 aliphatic carbocycles. The fourth-order valence-corrected chi connectivity index (χ4v) is 3.23. The average molecular weight is 325 g/mol. The van der Waals surface area contributed by atoms with Crippen LogP contribution in [0.2, 0.25) is 5.02 Å². The fraction of sp³-hybridized carbons (Fsp3) is 0. The van der Waals surface area contributed by atoms with Crippen molar-refractivity contribution in [1.82, 2.24) is 0 Å². The zero-order chi connectivity index (χ0) is 12.3. The van der Waals surface area contributed by atoms with Gasteiger partial charge in [0.15, 0.2) is 0 Å². The number of nitrogens with zero attached hydrogens (tertiary/aromatic N) is 1. The van der Waals surface area contributed by atoms with Crippen molar-refractivity contribution in [3.63, 3.8) is 0 Å². The molecule has 0 bridgehead atoms. The molecule has 0 N–H and O–H groups in total. The van der Waals surface area contributed by atoms with Crippen LogP contribution in [0.1, 0.15) is 5.56 Å². The molecule has 0 atom stereocenters. The largest absolute Gasteiger partial charge is 0.192 e. The summed E-state index contributed by atoms with van der Waals surface area (Å²) in [7, 11) is 0. The van der Waals surface area contributed by atoms with Gasteiger partial charge in [0.05, 0.1) is 11.6 Å². The molecule has 0 unspecified atom stereocenters. The van der Waals surface area contributed by atoms with Gasteiger partial charge in [0, 0.05) is 19.3 Å². The number of benzene rings is 2. The molecule has 0 aliphatic rings. The van der Waals surface area contributed by atoms with Crippen LogP contribution in [-0.2, 0) is 0 Å². The minimum absolute atomic E-state index is 0.643. The average Bonchev–Trinajstić information content (AvgIpc) is 2.28. The fourth-order valence-electron chi connectivity index (χ4n) is 1.35. The van der Waals surface area contributed by atoms with Crippen molar-refractivity contribution in [2.45, 2.75) is 9.79 Å². The summed E-state index contributed by atoms with van der Waals surface area (Å²) in [4.78, 5) is 2.07. The van der Waals surface area contributed by atoms with Crippen molar-refractivity contribution in [2.75, 3.05) is 0 Å². The summed E-state index contributed by atoms with van der Waals surface area (Å²) in [6, 6.07) is 15.4. The monoisotopic (exact) mass is 323 g/mol. The predicted molar refractivity (Wildman–Crippen MR) is 74.4 cm³/mol. The molecule has 2 rings (SSSR count). The van der Waals surface area contributed by atoms with Crippen LogP contribution in [0.15, 0.2) is 56.7 Å². The highest BCUT2D eigenvalue weighted by Gasteiger charge is 2.02. The second-order valence-electron chi connectivity index (χ2n) is 3.35. The maximum absolute atomic E-state index is 8.90. The van der Waals surface area contributed by atoms with Crippen LogP contribution in [0.25, 0.3) is 0 Å². The molecule has 2 aromatic rings. The van der Waals surface area contributed by atoms with Gasteiger partial charge in [0.25, 0.3) is 0 Å². The van der Waals surface area contributed by atoms with E-state index in [-0.39, 0.29) is 0 Å². The molecular formula is C13H7BrClNS. The maximum atomic E-state index is 8.90. The van der Waals surface area contributed by atoms with Gasteiger partial charge in [-0.25, -0.2) is 0 Å². The van der Waals surface area contributed by atoms with Crippen LogP contribution in [-0.4, -0.2) is 0 Å². The third kappa shape index (κ3) is 3.50. The lowest BCUT2D eigenvalue weighted by molar-refractivity contribution is 1.36. The lowest BCUT2D eigenvalue weighted by atomic mass is 10.2. The molecule has 0 amide bonds. The topological polar surface area (TPSA) is 23.8 Å². The van der Waals surface area contributed by atoms with E-state index in [0.717, 1.165) is 14.3 Å². The van der Waals surface area contributed by atoms with Gasteiger partial charge < -0.3 is 0 Å². The number of rotatable bonds is 2. The van der Waals surface area contributed by atoms with E-state index in [0.29, 0.717) is 10.6 Å². The highest BCUT2D eigenvalue weighted by atomic mass is 79.9. The minimum Gasteiger partial charge on any atom is -0.192 e. The van der Waals surface area contributed by atoms with Gasteiger partial charge in [-0.2, -0.15) is 5.26 Å². The first-order valence-electron chi connectivity index (χ1n) is 4.81. The lowest BCUT2D eigenvalue weighted by Gasteiger charge is -2.03. The Hall–Kier alpha value is -0.950. The Kier molecular flexibility index (Phi) is 4.11. The van der Waals surface area contributed by atoms with Crippen LogP contribution in [0.4, 0.5) is 0 Å². The van der Waals surface area contributed by atoms with Crippen LogP contribution in [0, 0.1) is 11.3 Å². The highest BCUT2D eigenvalue weighted by Crippen LogP contribution is 2.31. The summed E-state index contributed by atoms with van der Waals surface area (Å²) in [6.45, 7) is 0. The van der Waals surface area contributed by atoms with E-state index in [9.17, 15) is 0 Å². The Bertz CT molecular complexity index is 592. The molecule has 17 heavy (non-hydrogen) atoms. The second kappa shape index (κ2) is 5.59. The third-order valence-corrected chi connectivity index (χ3v) is 3.69. The minimum atomic E-state index is 0.643. The standard InChI is InChI=1S/C13H7BrClNS/c14-10-4-9(8-16)5-13(6-10)17-12-3-1-2-11(15)7-12/h1-7H. The Morgan fingerprint density at radius 1 is 1.12 bits per heavy atom. The quantitative estimate of drug-likeness (QED) is 0.765. The van der Waals surface area contributed by atoms with Gasteiger partial charge >= 0.3 is 0 Å². The van der Waals surface area contributed by atoms with E-state index in [1.165, 1.54) is 0 Å². The van der Waals surface area contributed by atoms with Crippen molar-refractivity contribution in [3.8, 4) is 6.07 Å². The van der Waals surface area contributed by atoms with E-state index < -0.39 is 0 Å². The maximum Gasteiger partial charge on any atom is 0.0992 e. The second-order valence-corrected chi connectivity index (χ2v) is 5.85. The molecule has 0 aliphatic heterocycles. The molecule has 4 heteroatoms. The zero-order valence-electron chi connectivity index (χ0n) is 8.65. The molecular weight excluding hydrogens is 318 g/mol. The predicted octanol–water partition coefficient (Wildman–Crippen LogP) is 5.13. The molecule has 0 saturated carbocycles. The van der Waals surface area contributed by atoms with Crippen LogP contribution in [0.3, 0.4) is 0 Å². The van der Waals surface area contributed by atoms with Crippen LogP contribution in [0.5, 0.6) is 0 Å². The van der Waals surface area contributed by atoms with Crippen LogP contribution < -0.4 is 0 Å². The molecule has 0 fully saturated rings. The normalized spacial score (nSPS) is 9.94. The molecule has 0 heterocycles. The van der Waals surface area contributed by atoms with Crippen LogP contribution >= 0.6 is 39.3 Å². The summed E-state index contributed by atoms with van der Waals surface area (Å²) in [5.41, 5.74) is 0.643. The molecule has 84 valence electrons. The van der Waals surface area contributed by atoms with Crippen molar-refractivity contribution in [3.05, 3.63) is 57.5 Å². The molecule has 0 radical (unpaired) electrons. The molecule has 0 saturated heterocycles. The summed E-state index contributed by atoms with van der Waals surface area (Å²) in [5.74, 6) is 0. The van der Waals surface area contributed by atoms with Gasteiger partial charge in [0.1, 0.15) is 0 Å². The first kappa shape index (κ1) is 12.5. The number of hydrogen-bond donors (Lipinski definition) is 0. The summed E-state index contributed by atoms with van der Waals surface area (Å²) < 4.78 is 0.904. The lowest BCUT2D eigenvalue weighted by Crippen LogP contribution is -1.79. The van der Waals surface area contributed by atoms with Crippen molar-refractivity contribution in [1.29, 1.82) is 5.26 Å². The van der Waals surface area contributed by atoms with E-state index in [1.807, 2.05) is 36.4 Å². The Morgan fingerprint density at radius 3 is 2.65 bits per heavy atom. The SMILES string of the molecule is N#Cc1cc(Br)cc(Sc2cccc(Cl)c2)c1. The number of halogens is 2. The van der Waals surface area contributed by atoms with Crippen molar-refractivity contribution >= 4 is 39.3 Å². The van der Waals surface area contributed by atoms with Gasteiger partial charge in [-0.1, -0.05) is 45.4 Å². The summed E-state index contributed by atoms with van der Waals surface area (Å²) in [5, 5.41) is 9.61. The molecule has 0 aromatic heterocycles. The molecule has 0 spiro atoms. The van der Waals surface area contributed by atoms with Gasteiger partial charge in [-0.05, 0) is 36.4 Å². The Morgan fingerprint density at radius 2 is 1.94 bits per heavy atom. The zero-order valence-corrected chi connectivity index (χ0v) is 11.8. The van der Waals surface area contributed by atoms with E-state index >= 15 is 0 Å².